The molecule has 4 atom stereocenters. The van der Waals surface area contributed by atoms with E-state index in [4.69, 9.17) is 9.47 Å². The van der Waals surface area contributed by atoms with E-state index in [1.807, 2.05) is 24.3 Å². The van der Waals surface area contributed by atoms with Gasteiger partial charge in [-0.05, 0) is 73.1 Å². The van der Waals surface area contributed by atoms with Gasteiger partial charge in [-0.15, -0.1) is 0 Å². The molecule has 3 aromatic carbocycles. The standard InChI is InChI=1S/C43H55N3O6.BrH/c1-29-25-32(30(2)44-26-38(48)35-14-16-37(47)42-36(35)15-18-41(49)45-42)13-17-39(29)51-24-8-21-46-22-19-31(20-23-46)40(27-46)52-28-43(50,34-11-6-7-12-34)33-9-4-3-5-10-33;/h3-5,9-10,13-18,25,30-31,34,38,40,44,48,50H,6-8,11-12,19-24,26-28H2,1-2H3,(H-,45,47,49);1H/t30-,31?,38-,40-,43+,46?;/m0./s1. The van der Waals surface area contributed by atoms with Crippen LogP contribution in [0.5, 0.6) is 11.5 Å². The molecule has 2 bridgehead atoms. The second-order valence-corrected chi connectivity index (χ2v) is 15.8. The molecule has 3 aliphatic heterocycles. The van der Waals surface area contributed by atoms with Gasteiger partial charge in [-0.1, -0.05) is 61.4 Å². The lowest BCUT2D eigenvalue weighted by Gasteiger charge is -2.53. The van der Waals surface area contributed by atoms with Crippen molar-refractivity contribution in [2.24, 2.45) is 11.8 Å². The van der Waals surface area contributed by atoms with Gasteiger partial charge < -0.3 is 56.6 Å². The number of halogens is 1. The number of hydrogen-bond donors (Lipinski definition) is 5. The minimum atomic E-state index is -0.919. The number of benzene rings is 3. The fourth-order valence-corrected chi connectivity index (χ4v) is 9.28. The zero-order valence-electron chi connectivity index (χ0n) is 31.1. The number of nitrogens with zero attached hydrogens (tertiary/aromatic N) is 1. The van der Waals surface area contributed by atoms with Gasteiger partial charge in [0.25, 0.3) is 0 Å². The van der Waals surface area contributed by atoms with Crippen LogP contribution in [0.3, 0.4) is 0 Å². The van der Waals surface area contributed by atoms with Gasteiger partial charge in [-0.3, -0.25) is 4.79 Å². The first-order chi connectivity index (χ1) is 25.1. The van der Waals surface area contributed by atoms with Crippen molar-refractivity contribution in [3.63, 3.8) is 0 Å². The van der Waals surface area contributed by atoms with E-state index in [0.717, 1.165) is 59.3 Å². The summed E-state index contributed by atoms with van der Waals surface area (Å²) in [6, 6.07) is 22.7. The summed E-state index contributed by atoms with van der Waals surface area (Å²) in [5.41, 5.74) is 2.92. The van der Waals surface area contributed by atoms with Crippen molar-refractivity contribution in [1.82, 2.24) is 10.3 Å². The Labute approximate surface area is 323 Å². The number of nitrogens with one attached hydrogen (secondary N) is 2. The molecular weight excluding hydrogens is 734 g/mol. The molecule has 0 spiro atoms. The number of phenols is 1. The second kappa shape index (κ2) is 17.0. The molecule has 1 saturated carbocycles. The summed E-state index contributed by atoms with van der Waals surface area (Å²) in [6.45, 7) is 9.99. The van der Waals surface area contributed by atoms with Gasteiger partial charge in [0.1, 0.15) is 29.7 Å². The van der Waals surface area contributed by atoms with Crippen LogP contribution in [-0.4, -0.2) is 76.8 Å². The van der Waals surface area contributed by atoms with Gasteiger partial charge in [0.2, 0.25) is 5.56 Å². The lowest BCUT2D eigenvalue weighted by atomic mass is 9.80. The number of quaternary nitrogens is 1. The van der Waals surface area contributed by atoms with Crippen LogP contribution in [0.4, 0.5) is 0 Å². The number of H-pyrrole nitrogens is 1. The van der Waals surface area contributed by atoms with Crippen LogP contribution >= 0.6 is 0 Å². The Kier molecular flexibility index (Phi) is 12.7. The van der Waals surface area contributed by atoms with Crippen molar-refractivity contribution >= 4 is 10.9 Å². The number of pyridine rings is 1. The summed E-state index contributed by atoms with van der Waals surface area (Å²) in [6.07, 6.45) is 7.23. The van der Waals surface area contributed by atoms with E-state index >= 15 is 0 Å². The summed E-state index contributed by atoms with van der Waals surface area (Å²) in [5.74, 6) is 1.71. The Morgan fingerprint density at radius 3 is 2.49 bits per heavy atom. The number of phenolic OH excluding ortho intramolecular Hbond substituents is 1. The first kappa shape index (κ1) is 39.4. The third-order valence-electron chi connectivity index (χ3n) is 12.5. The predicted octanol–water partition coefficient (Wildman–Crippen LogP) is 3.40. The summed E-state index contributed by atoms with van der Waals surface area (Å²) >= 11 is 0. The smallest absolute Gasteiger partial charge is 0.248 e. The second-order valence-electron chi connectivity index (χ2n) is 15.8. The van der Waals surface area contributed by atoms with E-state index in [1.54, 1.807) is 12.1 Å². The van der Waals surface area contributed by atoms with Gasteiger partial charge in [-0.25, -0.2) is 0 Å². The Morgan fingerprint density at radius 2 is 1.75 bits per heavy atom. The minimum absolute atomic E-state index is 0. The maximum atomic E-state index is 12.1. The molecule has 53 heavy (non-hydrogen) atoms. The van der Waals surface area contributed by atoms with E-state index in [2.05, 4.69) is 48.4 Å². The molecular formula is C43H56BrN3O6. The van der Waals surface area contributed by atoms with Crippen LogP contribution in [-0.2, 0) is 10.3 Å². The van der Waals surface area contributed by atoms with Gasteiger partial charge >= 0.3 is 0 Å². The van der Waals surface area contributed by atoms with Gasteiger partial charge in [0, 0.05) is 49.2 Å². The summed E-state index contributed by atoms with van der Waals surface area (Å²) < 4.78 is 14.1. The molecule has 4 fully saturated rings. The van der Waals surface area contributed by atoms with E-state index < -0.39 is 11.7 Å². The monoisotopic (exact) mass is 789 g/mol. The number of ether oxygens (including phenoxy) is 2. The Balaban J connectivity index is 0.00000481. The number of fused-ring (bicyclic) bond motifs is 4. The molecule has 3 saturated heterocycles. The molecule has 4 heterocycles. The summed E-state index contributed by atoms with van der Waals surface area (Å²) in [5, 5.41) is 37.3. The highest BCUT2D eigenvalue weighted by Crippen LogP contribution is 2.43. The van der Waals surface area contributed by atoms with E-state index in [9.17, 15) is 20.1 Å². The van der Waals surface area contributed by atoms with Crippen LogP contribution < -0.4 is 32.6 Å². The van der Waals surface area contributed by atoms with Crippen LogP contribution in [0.15, 0.2) is 77.6 Å². The Hall–Kier alpha value is -3.25. The molecule has 286 valence electrons. The third kappa shape index (κ3) is 8.69. The number of aryl methyl sites for hydroxylation is 1. The largest absolute Gasteiger partial charge is 1.00 e. The fraction of sp³-hybridized carbons (Fsp3) is 0.512. The van der Waals surface area contributed by atoms with Crippen LogP contribution in [0.2, 0.25) is 0 Å². The number of rotatable bonds is 15. The Morgan fingerprint density at radius 1 is 1.00 bits per heavy atom. The lowest BCUT2D eigenvalue weighted by Crippen LogP contribution is -3.00. The highest BCUT2D eigenvalue weighted by molar-refractivity contribution is 5.87. The van der Waals surface area contributed by atoms with E-state index in [-0.39, 0.29) is 46.4 Å². The van der Waals surface area contributed by atoms with Crippen LogP contribution in [0.1, 0.15) is 86.3 Å². The molecule has 8 rings (SSSR count). The van der Waals surface area contributed by atoms with Gasteiger partial charge in [-0.2, -0.15) is 0 Å². The minimum Gasteiger partial charge on any atom is -1.00 e. The predicted molar refractivity (Wildman–Crippen MR) is 203 cm³/mol. The average molecular weight is 791 g/mol. The summed E-state index contributed by atoms with van der Waals surface area (Å²) in [4.78, 5) is 14.4. The highest BCUT2D eigenvalue weighted by atomic mass is 79.9. The first-order valence-corrected chi connectivity index (χ1v) is 19.4. The maximum absolute atomic E-state index is 12.1. The molecule has 0 radical (unpaired) electrons. The van der Waals surface area contributed by atoms with Gasteiger partial charge in [0.15, 0.2) is 0 Å². The van der Waals surface area contributed by atoms with Gasteiger partial charge in [0.05, 0.1) is 44.5 Å². The SMILES string of the molecule is Cc1cc([C@H](C)NC[C@H](O)c2ccc(O)c3[nH]c(=O)ccc23)ccc1OCCC[N+]12CCC(CC1)[C@@H](OC[C@@](O)(c1ccccc1)C1CCCC1)C2.[Br-]. The third-order valence-corrected chi connectivity index (χ3v) is 12.5. The maximum Gasteiger partial charge on any atom is 0.248 e. The number of aromatic amines is 1. The number of aromatic nitrogens is 1. The molecule has 0 amide bonds. The number of hydrogen-bond acceptors (Lipinski definition) is 7. The topological polar surface area (TPSA) is 124 Å². The summed E-state index contributed by atoms with van der Waals surface area (Å²) in [7, 11) is 0. The first-order valence-electron chi connectivity index (χ1n) is 19.4. The molecule has 10 heteroatoms. The number of aromatic hydroxyl groups is 1. The van der Waals surface area contributed by atoms with Crippen molar-refractivity contribution in [2.45, 2.75) is 82.6 Å². The lowest BCUT2D eigenvalue weighted by molar-refractivity contribution is -0.946. The molecule has 5 N–H and O–H groups in total. The number of piperidine rings is 3. The molecule has 1 aromatic heterocycles. The Bertz CT molecular complexity index is 1870. The van der Waals surface area contributed by atoms with Crippen molar-refractivity contribution < 1.29 is 46.3 Å². The molecule has 9 nitrogen and oxygen atoms in total. The van der Waals surface area contributed by atoms with Crippen LogP contribution in [0, 0.1) is 18.8 Å². The zero-order valence-corrected chi connectivity index (χ0v) is 32.7. The van der Waals surface area contributed by atoms with E-state index in [0.29, 0.717) is 42.1 Å². The van der Waals surface area contributed by atoms with Crippen molar-refractivity contribution in [3.05, 3.63) is 105 Å². The normalized spacial score (nSPS) is 23.7. The van der Waals surface area contributed by atoms with Crippen molar-refractivity contribution in [1.29, 1.82) is 0 Å². The van der Waals surface area contributed by atoms with Crippen molar-refractivity contribution in [2.75, 3.05) is 45.9 Å². The fourth-order valence-electron chi connectivity index (χ4n) is 9.28. The van der Waals surface area contributed by atoms with Crippen molar-refractivity contribution in [3.8, 4) is 11.5 Å². The highest BCUT2D eigenvalue weighted by Gasteiger charge is 2.48. The quantitative estimate of drug-likeness (QED) is 0.0925. The zero-order chi connectivity index (χ0) is 36.3. The number of aliphatic hydroxyl groups is 2. The molecule has 4 aliphatic rings. The number of aliphatic hydroxyl groups excluding tert-OH is 1. The average Bonchev–Trinajstić information content (AvgIpc) is 3.72. The molecule has 0 unspecified atom stereocenters. The molecule has 1 aliphatic carbocycles. The molecule has 4 aromatic rings. The van der Waals surface area contributed by atoms with E-state index in [1.165, 1.54) is 50.9 Å². The van der Waals surface area contributed by atoms with Crippen LogP contribution in [0.25, 0.3) is 10.9 Å².